The fourth-order valence-electron chi connectivity index (χ4n) is 4.31. The molecule has 3 aromatic rings. The Balaban J connectivity index is 1.38. The van der Waals surface area contributed by atoms with Gasteiger partial charge in [-0.3, -0.25) is 14.2 Å². The van der Waals surface area contributed by atoms with Gasteiger partial charge in [-0.15, -0.1) is 11.3 Å². The lowest BCUT2D eigenvalue weighted by Crippen LogP contribution is -2.35. The number of amides is 1. The van der Waals surface area contributed by atoms with Gasteiger partial charge < -0.3 is 9.64 Å². The molecule has 1 aromatic carbocycles. The molecule has 1 atom stereocenters. The minimum atomic E-state index is -4.44. The van der Waals surface area contributed by atoms with Gasteiger partial charge in [-0.1, -0.05) is 0 Å². The summed E-state index contributed by atoms with van der Waals surface area (Å²) in [6.45, 7) is 1.89. The Kier molecular flexibility index (Phi) is 5.29. The zero-order valence-corrected chi connectivity index (χ0v) is 17.8. The maximum Gasteiger partial charge on any atom is 0.416 e. The van der Waals surface area contributed by atoms with E-state index < -0.39 is 11.7 Å². The summed E-state index contributed by atoms with van der Waals surface area (Å²) in [6, 6.07) is 4.25. The monoisotopic (exact) mass is 463 g/mol. The van der Waals surface area contributed by atoms with Gasteiger partial charge in [-0.2, -0.15) is 13.2 Å². The molecule has 1 fully saturated rings. The number of nitrogens with zero attached hydrogens (tertiary/aromatic N) is 3. The zero-order valence-electron chi connectivity index (χ0n) is 17.0. The maximum atomic E-state index is 13.1. The first kappa shape index (κ1) is 21.1. The van der Waals surface area contributed by atoms with Gasteiger partial charge in [0.2, 0.25) is 0 Å². The third-order valence-electron chi connectivity index (χ3n) is 6.00. The number of hydrogen-bond acceptors (Lipinski definition) is 5. The number of carbonyl (C=O) groups is 1. The molecule has 6 nitrogen and oxygen atoms in total. The largest absolute Gasteiger partial charge is 0.416 e. The summed E-state index contributed by atoms with van der Waals surface area (Å²) >= 11 is 1.39. The second kappa shape index (κ2) is 8.00. The SMILES string of the molecule is O=C(c1ccc(C(F)(F)F)cc1)N1CCc2c(sc3ncn(CC4CCCO4)c(=O)c23)C1. The number of alkyl halides is 3. The van der Waals surface area contributed by atoms with Crippen molar-refractivity contribution in [3.63, 3.8) is 0 Å². The van der Waals surface area contributed by atoms with Gasteiger partial charge in [0.05, 0.1) is 36.5 Å². The fraction of sp³-hybridized carbons (Fsp3) is 0.409. The number of carbonyl (C=O) groups excluding carboxylic acids is 1. The van der Waals surface area contributed by atoms with Gasteiger partial charge in [0.1, 0.15) is 4.83 Å². The van der Waals surface area contributed by atoms with Crippen molar-refractivity contribution in [1.29, 1.82) is 0 Å². The summed E-state index contributed by atoms with van der Waals surface area (Å²) in [4.78, 5) is 33.6. The number of thiophene rings is 1. The van der Waals surface area contributed by atoms with Crippen LogP contribution in [0.1, 0.15) is 39.2 Å². The van der Waals surface area contributed by atoms with Crippen molar-refractivity contribution in [3.05, 3.63) is 62.5 Å². The summed E-state index contributed by atoms with van der Waals surface area (Å²) < 4.78 is 45.6. The lowest BCUT2D eigenvalue weighted by atomic mass is 10.0. The van der Waals surface area contributed by atoms with Crippen molar-refractivity contribution in [2.24, 2.45) is 0 Å². The van der Waals surface area contributed by atoms with E-state index in [9.17, 15) is 22.8 Å². The van der Waals surface area contributed by atoms with E-state index in [-0.39, 0.29) is 23.1 Å². The number of fused-ring (bicyclic) bond motifs is 3. The van der Waals surface area contributed by atoms with E-state index in [1.54, 1.807) is 15.8 Å². The molecule has 4 heterocycles. The van der Waals surface area contributed by atoms with Crippen LogP contribution in [0.4, 0.5) is 13.2 Å². The second-order valence-electron chi connectivity index (χ2n) is 8.07. The standard InChI is InChI=1S/C22H20F3N3O3S/c23-22(24,25)14-5-3-13(4-6-14)20(29)27-8-7-16-17(11-27)32-19-18(16)21(30)28(12-26-19)10-15-2-1-9-31-15/h3-6,12,15H,1-2,7-11H2. The topological polar surface area (TPSA) is 64.4 Å². The number of rotatable bonds is 3. The first-order valence-corrected chi connectivity index (χ1v) is 11.2. The van der Waals surface area contributed by atoms with E-state index in [0.29, 0.717) is 42.9 Å². The molecule has 0 saturated carbocycles. The number of ether oxygens (including phenoxy) is 1. The molecule has 2 aliphatic heterocycles. The number of hydrogen-bond donors (Lipinski definition) is 0. The first-order chi connectivity index (χ1) is 15.3. The number of benzene rings is 1. The molecule has 0 radical (unpaired) electrons. The maximum absolute atomic E-state index is 13.1. The van der Waals surface area contributed by atoms with Crippen LogP contribution >= 0.6 is 11.3 Å². The van der Waals surface area contributed by atoms with Crippen molar-refractivity contribution in [3.8, 4) is 0 Å². The fourth-order valence-corrected chi connectivity index (χ4v) is 5.51. The van der Waals surface area contributed by atoms with E-state index in [1.165, 1.54) is 23.5 Å². The predicted octanol–water partition coefficient (Wildman–Crippen LogP) is 3.85. The van der Waals surface area contributed by atoms with Gasteiger partial charge in [0.15, 0.2) is 0 Å². The molecular formula is C22H20F3N3O3S. The molecule has 0 aliphatic carbocycles. The van der Waals surface area contributed by atoms with Crippen LogP contribution < -0.4 is 5.56 Å². The first-order valence-electron chi connectivity index (χ1n) is 10.4. The third-order valence-corrected chi connectivity index (χ3v) is 7.12. The Morgan fingerprint density at radius 1 is 1.25 bits per heavy atom. The Morgan fingerprint density at radius 3 is 2.72 bits per heavy atom. The molecule has 1 amide bonds. The van der Waals surface area contributed by atoms with Gasteiger partial charge in [-0.05, 0) is 49.1 Å². The smallest absolute Gasteiger partial charge is 0.376 e. The van der Waals surface area contributed by atoms with Crippen LogP contribution in [0.5, 0.6) is 0 Å². The average Bonchev–Trinajstić information content (AvgIpc) is 3.42. The van der Waals surface area contributed by atoms with E-state index >= 15 is 0 Å². The van der Waals surface area contributed by atoms with Crippen LogP contribution in [0.2, 0.25) is 0 Å². The molecule has 1 saturated heterocycles. The third kappa shape index (κ3) is 3.81. The predicted molar refractivity (Wildman–Crippen MR) is 113 cm³/mol. The van der Waals surface area contributed by atoms with Crippen molar-refractivity contribution in [1.82, 2.24) is 14.5 Å². The minimum Gasteiger partial charge on any atom is -0.376 e. The van der Waals surface area contributed by atoms with Crippen LogP contribution in [0, 0.1) is 0 Å². The summed E-state index contributed by atoms with van der Waals surface area (Å²) in [5, 5.41) is 0.604. The highest BCUT2D eigenvalue weighted by Gasteiger charge is 2.31. The number of halogens is 3. The van der Waals surface area contributed by atoms with Gasteiger partial charge in [0, 0.05) is 23.6 Å². The van der Waals surface area contributed by atoms with Crippen molar-refractivity contribution in [2.45, 2.75) is 44.6 Å². The molecule has 0 spiro atoms. The van der Waals surface area contributed by atoms with Crippen LogP contribution in [0.15, 0.2) is 35.4 Å². The Labute approximate surface area is 185 Å². The molecule has 2 aromatic heterocycles. The van der Waals surface area contributed by atoms with Gasteiger partial charge in [-0.25, -0.2) is 4.98 Å². The second-order valence-corrected chi connectivity index (χ2v) is 9.16. The average molecular weight is 463 g/mol. The quantitative estimate of drug-likeness (QED) is 0.592. The van der Waals surface area contributed by atoms with Crippen LogP contribution in [-0.2, 0) is 30.4 Å². The van der Waals surface area contributed by atoms with E-state index in [2.05, 4.69) is 4.98 Å². The van der Waals surface area contributed by atoms with E-state index in [0.717, 1.165) is 35.4 Å². The van der Waals surface area contributed by atoms with Crippen LogP contribution in [0.25, 0.3) is 10.2 Å². The van der Waals surface area contributed by atoms with Gasteiger partial charge >= 0.3 is 6.18 Å². The molecular weight excluding hydrogens is 443 g/mol. The molecule has 32 heavy (non-hydrogen) atoms. The summed E-state index contributed by atoms with van der Waals surface area (Å²) in [7, 11) is 0. The van der Waals surface area contributed by atoms with Crippen LogP contribution in [-0.4, -0.2) is 39.6 Å². The molecule has 2 aliphatic rings. The molecule has 10 heteroatoms. The molecule has 5 rings (SSSR count). The number of aromatic nitrogens is 2. The zero-order chi connectivity index (χ0) is 22.5. The summed E-state index contributed by atoms with van der Waals surface area (Å²) in [6.07, 6.45) is -0.443. The lowest BCUT2D eigenvalue weighted by molar-refractivity contribution is -0.137. The minimum absolute atomic E-state index is 0.0262. The highest BCUT2D eigenvalue weighted by molar-refractivity contribution is 7.18. The molecule has 168 valence electrons. The summed E-state index contributed by atoms with van der Waals surface area (Å²) in [5.74, 6) is -0.328. The Bertz CT molecular complexity index is 1230. The lowest BCUT2D eigenvalue weighted by Gasteiger charge is -2.27. The highest BCUT2D eigenvalue weighted by atomic mass is 32.1. The molecule has 0 N–H and O–H groups in total. The van der Waals surface area contributed by atoms with E-state index in [4.69, 9.17) is 4.74 Å². The van der Waals surface area contributed by atoms with Crippen molar-refractivity contribution >= 4 is 27.5 Å². The summed E-state index contributed by atoms with van der Waals surface area (Å²) in [5.41, 5.74) is 0.246. The molecule has 0 bridgehead atoms. The van der Waals surface area contributed by atoms with Crippen molar-refractivity contribution in [2.75, 3.05) is 13.2 Å². The van der Waals surface area contributed by atoms with Crippen LogP contribution in [0.3, 0.4) is 0 Å². The highest BCUT2D eigenvalue weighted by Crippen LogP contribution is 2.33. The Morgan fingerprint density at radius 2 is 2.03 bits per heavy atom. The van der Waals surface area contributed by atoms with Gasteiger partial charge in [0.25, 0.3) is 11.5 Å². The normalized spacial score (nSPS) is 18.8. The molecule has 1 unspecified atom stereocenters. The Hall–Kier alpha value is -2.72. The van der Waals surface area contributed by atoms with Crippen molar-refractivity contribution < 1.29 is 22.7 Å². The van der Waals surface area contributed by atoms with E-state index in [1.807, 2.05) is 0 Å².